The van der Waals surface area contributed by atoms with Crippen molar-refractivity contribution in [3.63, 3.8) is 0 Å². The fourth-order valence-electron chi connectivity index (χ4n) is 4.36. The van der Waals surface area contributed by atoms with Crippen LogP contribution in [0.15, 0.2) is 18.2 Å². The summed E-state index contributed by atoms with van der Waals surface area (Å²) in [4.78, 5) is 12.1. The SMILES string of the molecule is CCC1(C(NC)c2ccc3c(c2)C(=O)NCC3)CCCC1. The van der Waals surface area contributed by atoms with Gasteiger partial charge in [0.1, 0.15) is 0 Å². The van der Waals surface area contributed by atoms with Crippen molar-refractivity contribution in [1.82, 2.24) is 10.6 Å². The molecule has 2 aliphatic rings. The zero-order valence-corrected chi connectivity index (χ0v) is 13.2. The molecule has 0 bridgehead atoms. The first-order valence-electron chi connectivity index (χ1n) is 8.28. The van der Waals surface area contributed by atoms with Gasteiger partial charge in [-0.1, -0.05) is 31.9 Å². The normalized spacial score (nSPS) is 21.7. The molecule has 3 rings (SSSR count). The number of rotatable bonds is 4. The standard InChI is InChI=1S/C18H26N2O/c1-3-18(9-4-5-10-18)16(19-2)14-7-6-13-8-11-20-17(21)15(13)12-14/h6-7,12,16,19H,3-5,8-11H2,1-2H3,(H,20,21). The lowest BCUT2D eigenvalue weighted by molar-refractivity contribution is 0.0945. The molecule has 0 radical (unpaired) electrons. The lowest BCUT2D eigenvalue weighted by Gasteiger charge is -2.37. The second kappa shape index (κ2) is 5.80. The highest BCUT2D eigenvalue weighted by molar-refractivity contribution is 5.96. The van der Waals surface area contributed by atoms with Crippen molar-refractivity contribution < 1.29 is 4.79 Å². The minimum absolute atomic E-state index is 0.0879. The summed E-state index contributed by atoms with van der Waals surface area (Å²) < 4.78 is 0. The predicted molar refractivity (Wildman–Crippen MR) is 85.5 cm³/mol. The molecule has 114 valence electrons. The summed E-state index contributed by atoms with van der Waals surface area (Å²) in [6, 6.07) is 6.87. The van der Waals surface area contributed by atoms with Crippen LogP contribution in [0.3, 0.4) is 0 Å². The van der Waals surface area contributed by atoms with Gasteiger partial charge in [0.2, 0.25) is 0 Å². The number of nitrogens with one attached hydrogen (secondary N) is 2. The molecule has 1 unspecified atom stereocenters. The van der Waals surface area contributed by atoms with E-state index in [1.807, 2.05) is 0 Å². The van der Waals surface area contributed by atoms with Gasteiger partial charge in [-0.2, -0.15) is 0 Å². The Bertz CT molecular complexity index is 532. The van der Waals surface area contributed by atoms with E-state index < -0.39 is 0 Å². The highest BCUT2D eigenvalue weighted by Crippen LogP contribution is 2.50. The van der Waals surface area contributed by atoms with Gasteiger partial charge in [0.15, 0.2) is 0 Å². The van der Waals surface area contributed by atoms with Gasteiger partial charge < -0.3 is 10.6 Å². The van der Waals surface area contributed by atoms with Crippen LogP contribution >= 0.6 is 0 Å². The summed E-state index contributed by atoms with van der Waals surface area (Å²) in [6.07, 6.45) is 7.39. The monoisotopic (exact) mass is 286 g/mol. The van der Waals surface area contributed by atoms with Crippen molar-refractivity contribution in [2.24, 2.45) is 5.41 Å². The van der Waals surface area contributed by atoms with Crippen LogP contribution < -0.4 is 10.6 Å². The number of fused-ring (bicyclic) bond motifs is 1. The number of carbonyl (C=O) groups excluding carboxylic acids is 1. The van der Waals surface area contributed by atoms with E-state index in [-0.39, 0.29) is 5.91 Å². The molecule has 2 N–H and O–H groups in total. The molecule has 3 heteroatoms. The Balaban J connectivity index is 1.98. The van der Waals surface area contributed by atoms with E-state index in [4.69, 9.17) is 0 Å². The van der Waals surface area contributed by atoms with Crippen LogP contribution in [0.1, 0.15) is 66.6 Å². The van der Waals surface area contributed by atoms with Crippen LogP contribution in [0.25, 0.3) is 0 Å². The molecule has 0 saturated heterocycles. The predicted octanol–water partition coefficient (Wildman–Crippen LogP) is 3.20. The minimum atomic E-state index is 0.0879. The molecular weight excluding hydrogens is 260 g/mol. The van der Waals surface area contributed by atoms with Crippen LogP contribution in [0, 0.1) is 5.41 Å². The van der Waals surface area contributed by atoms with Crippen molar-refractivity contribution in [3.8, 4) is 0 Å². The van der Waals surface area contributed by atoms with Gasteiger partial charge in [-0.25, -0.2) is 0 Å². The summed E-state index contributed by atoms with van der Waals surface area (Å²) in [5.74, 6) is 0.0879. The number of benzene rings is 1. The Morgan fingerprint density at radius 3 is 2.76 bits per heavy atom. The van der Waals surface area contributed by atoms with E-state index in [9.17, 15) is 4.79 Å². The summed E-state index contributed by atoms with van der Waals surface area (Å²) in [5.41, 5.74) is 3.70. The number of hydrogen-bond acceptors (Lipinski definition) is 2. The average Bonchev–Trinajstić information content (AvgIpc) is 2.99. The van der Waals surface area contributed by atoms with Crippen molar-refractivity contribution in [1.29, 1.82) is 0 Å². The molecule has 1 aromatic carbocycles. The van der Waals surface area contributed by atoms with Crippen molar-refractivity contribution in [2.45, 2.75) is 51.5 Å². The van der Waals surface area contributed by atoms with E-state index >= 15 is 0 Å². The lowest BCUT2D eigenvalue weighted by atomic mass is 9.73. The Hall–Kier alpha value is -1.35. The molecule has 1 atom stereocenters. The zero-order valence-electron chi connectivity index (χ0n) is 13.2. The first kappa shape index (κ1) is 14.6. The Morgan fingerprint density at radius 2 is 2.10 bits per heavy atom. The molecule has 1 fully saturated rings. The first-order chi connectivity index (χ1) is 10.2. The molecule has 1 heterocycles. The summed E-state index contributed by atoms with van der Waals surface area (Å²) in [7, 11) is 2.06. The van der Waals surface area contributed by atoms with Gasteiger partial charge in [0, 0.05) is 18.2 Å². The minimum Gasteiger partial charge on any atom is -0.352 e. The highest BCUT2D eigenvalue weighted by atomic mass is 16.1. The summed E-state index contributed by atoms with van der Waals surface area (Å²) in [5, 5.41) is 6.50. The van der Waals surface area contributed by atoms with Crippen molar-refractivity contribution in [2.75, 3.05) is 13.6 Å². The van der Waals surface area contributed by atoms with Gasteiger partial charge >= 0.3 is 0 Å². The molecule has 3 nitrogen and oxygen atoms in total. The highest BCUT2D eigenvalue weighted by Gasteiger charge is 2.40. The molecule has 1 aliphatic carbocycles. The molecule has 1 saturated carbocycles. The lowest BCUT2D eigenvalue weighted by Crippen LogP contribution is -2.35. The number of hydrogen-bond donors (Lipinski definition) is 2. The second-order valence-electron chi connectivity index (χ2n) is 6.57. The van der Waals surface area contributed by atoms with Gasteiger partial charge in [-0.15, -0.1) is 0 Å². The molecule has 1 amide bonds. The molecule has 0 aromatic heterocycles. The van der Waals surface area contributed by atoms with Gasteiger partial charge in [0.05, 0.1) is 0 Å². The second-order valence-corrected chi connectivity index (χ2v) is 6.57. The Morgan fingerprint density at radius 1 is 1.33 bits per heavy atom. The van der Waals surface area contributed by atoms with Crippen LogP contribution in [0.4, 0.5) is 0 Å². The van der Waals surface area contributed by atoms with Crippen molar-refractivity contribution in [3.05, 3.63) is 34.9 Å². The maximum absolute atomic E-state index is 12.1. The van der Waals surface area contributed by atoms with Gasteiger partial charge in [-0.05, 0) is 55.3 Å². The third-order valence-electron chi connectivity index (χ3n) is 5.60. The largest absolute Gasteiger partial charge is 0.352 e. The molecule has 1 aromatic rings. The molecule has 21 heavy (non-hydrogen) atoms. The smallest absolute Gasteiger partial charge is 0.251 e. The van der Waals surface area contributed by atoms with E-state index in [0.717, 1.165) is 18.5 Å². The van der Waals surface area contributed by atoms with Gasteiger partial charge in [0.25, 0.3) is 5.91 Å². The number of carbonyl (C=O) groups is 1. The molecule has 0 spiro atoms. The van der Waals surface area contributed by atoms with E-state index in [2.05, 4.69) is 42.8 Å². The number of amides is 1. The van der Waals surface area contributed by atoms with Crippen LogP contribution in [-0.2, 0) is 6.42 Å². The van der Waals surface area contributed by atoms with E-state index in [1.54, 1.807) is 0 Å². The van der Waals surface area contributed by atoms with Crippen LogP contribution in [0.5, 0.6) is 0 Å². The third kappa shape index (κ3) is 2.48. The average molecular weight is 286 g/mol. The molecular formula is C18H26N2O. The zero-order chi connectivity index (χ0) is 14.9. The maximum Gasteiger partial charge on any atom is 0.251 e. The Labute approximate surface area is 127 Å². The van der Waals surface area contributed by atoms with Gasteiger partial charge in [-0.3, -0.25) is 4.79 Å². The summed E-state index contributed by atoms with van der Waals surface area (Å²) >= 11 is 0. The topological polar surface area (TPSA) is 41.1 Å². The summed E-state index contributed by atoms with van der Waals surface area (Å²) in [6.45, 7) is 3.07. The van der Waals surface area contributed by atoms with Crippen molar-refractivity contribution >= 4 is 5.91 Å². The van der Waals surface area contributed by atoms with E-state index in [1.165, 1.54) is 43.2 Å². The quantitative estimate of drug-likeness (QED) is 0.892. The van der Waals surface area contributed by atoms with Crippen LogP contribution in [-0.4, -0.2) is 19.5 Å². The van der Waals surface area contributed by atoms with E-state index in [0.29, 0.717) is 11.5 Å². The first-order valence-corrected chi connectivity index (χ1v) is 8.28. The Kier molecular flexibility index (Phi) is 4.03. The fourth-order valence-corrected chi connectivity index (χ4v) is 4.36. The maximum atomic E-state index is 12.1. The molecule has 1 aliphatic heterocycles. The van der Waals surface area contributed by atoms with Crippen LogP contribution in [0.2, 0.25) is 0 Å². The third-order valence-corrected chi connectivity index (χ3v) is 5.60. The fraction of sp³-hybridized carbons (Fsp3) is 0.611.